The Labute approximate surface area is 124 Å². The highest BCUT2D eigenvalue weighted by molar-refractivity contribution is 7.18. The van der Waals surface area contributed by atoms with Crippen molar-refractivity contribution in [2.75, 3.05) is 10.7 Å². The van der Waals surface area contributed by atoms with Gasteiger partial charge in [-0.3, -0.25) is 5.43 Å². The van der Waals surface area contributed by atoms with Crippen molar-refractivity contribution in [3.05, 3.63) is 33.3 Å². The van der Waals surface area contributed by atoms with Crippen LogP contribution in [0.15, 0.2) is 23.6 Å². The van der Waals surface area contributed by atoms with Gasteiger partial charge in [0.25, 0.3) is 0 Å². The molecule has 0 spiro atoms. The van der Waals surface area contributed by atoms with Gasteiger partial charge in [-0.1, -0.05) is 6.07 Å². The topological polar surface area (TPSA) is 75.9 Å². The molecule has 104 valence electrons. The summed E-state index contributed by atoms with van der Waals surface area (Å²) in [6.07, 6.45) is 0. The molecule has 0 aliphatic heterocycles. The van der Waals surface area contributed by atoms with Gasteiger partial charge in [0.05, 0.1) is 11.4 Å². The van der Waals surface area contributed by atoms with Gasteiger partial charge in [-0.15, -0.1) is 22.7 Å². The van der Waals surface area contributed by atoms with Gasteiger partial charge in [0.2, 0.25) is 5.95 Å². The second kappa shape index (κ2) is 5.35. The van der Waals surface area contributed by atoms with Gasteiger partial charge in [-0.05, 0) is 31.4 Å². The number of anilines is 2. The second-order valence-electron chi connectivity index (χ2n) is 4.50. The largest absolute Gasteiger partial charge is 0.362 e. The lowest BCUT2D eigenvalue weighted by Crippen LogP contribution is -2.13. The first-order chi connectivity index (χ1) is 9.67. The van der Waals surface area contributed by atoms with Crippen LogP contribution in [0, 0.1) is 6.92 Å². The van der Waals surface area contributed by atoms with Crippen molar-refractivity contribution in [3.63, 3.8) is 0 Å². The summed E-state index contributed by atoms with van der Waals surface area (Å²) in [5.74, 6) is 6.69. The van der Waals surface area contributed by atoms with Crippen LogP contribution >= 0.6 is 22.7 Å². The Hall–Kier alpha value is -1.70. The lowest BCUT2D eigenvalue weighted by Gasteiger charge is -2.14. The van der Waals surface area contributed by atoms with Gasteiger partial charge in [-0.25, -0.2) is 10.8 Å². The average molecular weight is 305 g/mol. The lowest BCUT2D eigenvalue weighted by molar-refractivity contribution is 0.898. The van der Waals surface area contributed by atoms with Gasteiger partial charge in [0.15, 0.2) is 0 Å². The normalized spacial score (nSPS) is 12.6. The van der Waals surface area contributed by atoms with E-state index in [-0.39, 0.29) is 6.04 Å². The van der Waals surface area contributed by atoms with Crippen molar-refractivity contribution >= 4 is 44.7 Å². The number of hydrogen-bond donors (Lipinski definition) is 3. The third-order valence-electron chi connectivity index (χ3n) is 2.97. The molecule has 5 nitrogen and oxygen atoms in total. The second-order valence-corrected chi connectivity index (χ2v) is 6.71. The van der Waals surface area contributed by atoms with Gasteiger partial charge in [0.1, 0.15) is 10.6 Å². The summed E-state index contributed by atoms with van der Waals surface area (Å²) < 4.78 is 0. The van der Waals surface area contributed by atoms with E-state index in [1.165, 1.54) is 9.75 Å². The van der Waals surface area contributed by atoms with Crippen LogP contribution in [0.4, 0.5) is 11.8 Å². The van der Waals surface area contributed by atoms with Crippen molar-refractivity contribution < 1.29 is 0 Å². The molecule has 3 rings (SSSR count). The number of aryl methyl sites for hydroxylation is 1. The third-order valence-corrected chi connectivity index (χ3v) is 4.97. The van der Waals surface area contributed by atoms with E-state index in [2.05, 4.69) is 58.1 Å². The van der Waals surface area contributed by atoms with E-state index in [1.807, 2.05) is 0 Å². The predicted octanol–water partition coefficient (Wildman–Crippen LogP) is 3.52. The molecule has 3 heterocycles. The first-order valence-corrected chi connectivity index (χ1v) is 7.91. The van der Waals surface area contributed by atoms with Gasteiger partial charge in [-0.2, -0.15) is 4.98 Å². The minimum Gasteiger partial charge on any atom is -0.362 e. The smallest absolute Gasteiger partial charge is 0.240 e. The fraction of sp³-hybridized carbons (Fsp3) is 0.231. The quantitative estimate of drug-likeness (QED) is 0.508. The van der Waals surface area contributed by atoms with Crippen molar-refractivity contribution in [1.82, 2.24) is 9.97 Å². The maximum absolute atomic E-state index is 5.45. The molecule has 0 fully saturated rings. The Kier molecular flexibility index (Phi) is 3.56. The van der Waals surface area contributed by atoms with E-state index in [4.69, 9.17) is 5.84 Å². The zero-order valence-electron chi connectivity index (χ0n) is 11.2. The van der Waals surface area contributed by atoms with E-state index in [0.717, 1.165) is 16.0 Å². The summed E-state index contributed by atoms with van der Waals surface area (Å²) in [5, 5.41) is 6.56. The molecule has 0 aromatic carbocycles. The van der Waals surface area contributed by atoms with Crippen LogP contribution in [0.25, 0.3) is 10.2 Å². The zero-order valence-corrected chi connectivity index (χ0v) is 12.8. The molecule has 3 aromatic rings. The molecular formula is C13H15N5S2. The number of hydrogen-bond acceptors (Lipinski definition) is 7. The molecule has 3 aromatic heterocycles. The molecule has 20 heavy (non-hydrogen) atoms. The highest BCUT2D eigenvalue weighted by Crippen LogP contribution is 2.32. The van der Waals surface area contributed by atoms with Crippen molar-refractivity contribution in [3.8, 4) is 0 Å². The van der Waals surface area contributed by atoms with E-state index < -0.39 is 0 Å². The van der Waals surface area contributed by atoms with Crippen LogP contribution in [-0.2, 0) is 0 Å². The number of rotatable bonds is 4. The van der Waals surface area contributed by atoms with Crippen LogP contribution in [-0.4, -0.2) is 9.97 Å². The van der Waals surface area contributed by atoms with E-state index >= 15 is 0 Å². The first-order valence-electron chi connectivity index (χ1n) is 6.22. The highest BCUT2D eigenvalue weighted by atomic mass is 32.1. The summed E-state index contributed by atoms with van der Waals surface area (Å²) in [4.78, 5) is 12.2. The average Bonchev–Trinajstić information content (AvgIpc) is 3.06. The van der Waals surface area contributed by atoms with E-state index in [0.29, 0.717) is 5.95 Å². The van der Waals surface area contributed by atoms with Gasteiger partial charge >= 0.3 is 0 Å². The highest BCUT2D eigenvalue weighted by Gasteiger charge is 2.13. The van der Waals surface area contributed by atoms with Crippen LogP contribution in [0.5, 0.6) is 0 Å². The van der Waals surface area contributed by atoms with Crippen LogP contribution in [0.1, 0.15) is 22.7 Å². The maximum atomic E-state index is 5.45. The first kappa shape index (κ1) is 13.3. The van der Waals surface area contributed by atoms with Crippen molar-refractivity contribution in [2.45, 2.75) is 19.9 Å². The Morgan fingerprint density at radius 1 is 1.35 bits per heavy atom. The summed E-state index contributed by atoms with van der Waals surface area (Å²) >= 11 is 3.36. The maximum Gasteiger partial charge on any atom is 0.240 e. The predicted molar refractivity (Wildman–Crippen MR) is 86.3 cm³/mol. The zero-order chi connectivity index (χ0) is 14.1. The summed E-state index contributed by atoms with van der Waals surface area (Å²) in [5.41, 5.74) is 2.52. The number of aromatic nitrogens is 2. The summed E-state index contributed by atoms with van der Waals surface area (Å²) in [7, 11) is 0. The van der Waals surface area contributed by atoms with E-state index in [9.17, 15) is 0 Å². The molecule has 0 amide bonds. The molecule has 0 radical (unpaired) electrons. The molecule has 0 aliphatic rings. The van der Waals surface area contributed by atoms with Gasteiger partial charge in [0, 0.05) is 9.75 Å². The van der Waals surface area contributed by atoms with Crippen LogP contribution in [0.2, 0.25) is 0 Å². The monoisotopic (exact) mass is 305 g/mol. The standard InChI is InChI=1S/C13H15N5S2/c1-7-6-9-11(15-8(2)10-4-3-5-19-10)16-13(18-14)17-12(9)20-7/h3-6,8H,14H2,1-2H3,(H2,15,16,17,18). The molecule has 0 saturated carbocycles. The number of nitrogens with zero attached hydrogens (tertiary/aromatic N) is 2. The van der Waals surface area contributed by atoms with Crippen LogP contribution < -0.4 is 16.6 Å². The Balaban J connectivity index is 2.01. The molecule has 4 N–H and O–H groups in total. The molecule has 0 saturated heterocycles. The Morgan fingerprint density at radius 3 is 2.90 bits per heavy atom. The minimum absolute atomic E-state index is 0.193. The number of hydrazine groups is 1. The fourth-order valence-electron chi connectivity index (χ4n) is 2.03. The number of nitrogen functional groups attached to an aromatic ring is 1. The summed E-state index contributed by atoms with van der Waals surface area (Å²) in [6.45, 7) is 4.18. The molecule has 1 atom stereocenters. The number of fused-ring (bicyclic) bond motifs is 1. The van der Waals surface area contributed by atoms with Gasteiger partial charge < -0.3 is 5.32 Å². The SMILES string of the molecule is Cc1cc2c(NC(C)c3cccs3)nc(NN)nc2s1. The molecule has 0 aliphatic carbocycles. The summed E-state index contributed by atoms with van der Waals surface area (Å²) in [6, 6.07) is 6.46. The van der Waals surface area contributed by atoms with Crippen molar-refractivity contribution in [1.29, 1.82) is 0 Å². The number of thiophene rings is 2. The molecule has 7 heteroatoms. The Morgan fingerprint density at radius 2 is 2.20 bits per heavy atom. The minimum atomic E-state index is 0.193. The molecular weight excluding hydrogens is 290 g/mol. The Bertz CT molecular complexity index is 720. The van der Waals surface area contributed by atoms with Crippen LogP contribution in [0.3, 0.4) is 0 Å². The fourth-order valence-corrected chi connectivity index (χ4v) is 3.64. The number of nitrogens with one attached hydrogen (secondary N) is 2. The third kappa shape index (κ3) is 2.47. The van der Waals surface area contributed by atoms with E-state index in [1.54, 1.807) is 22.7 Å². The number of nitrogens with two attached hydrogens (primary N) is 1. The van der Waals surface area contributed by atoms with Crippen molar-refractivity contribution in [2.24, 2.45) is 5.84 Å². The molecule has 1 unspecified atom stereocenters. The lowest BCUT2D eigenvalue weighted by atomic mass is 10.2. The molecule has 0 bridgehead atoms.